The van der Waals surface area contributed by atoms with E-state index in [1.165, 1.54) is 0 Å². The maximum absolute atomic E-state index is 12.1. The molecule has 8 heteroatoms. The summed E-state index contributed by atoms with van der Waals surface area (Å²) in [7, 11) is 7.89. The van der Waals surface area contributed by atoms with Crippen LogP contribution in [0.3, 0.4) is 0 Å². The summed E-state index contributed by atoms with van der Waals surface area (Å²) in [6.45, 7) is 4.58. The molecule has 6 nitrogen and oxygen atoms in total. The molecule has 0 aromatic heterocycles. The molecule has 0 aliphatic carbocycles. The summed E-state index contributed by atoms with van der Waals surface area (Å²) in [5.74, 6) is -1.29. The van der Waals surface area contributed by atoms with Gasteiger partial charge in [0.05, 0.1) is 12.4 Å². The largest absolute Gasteiger partial charge is 0.353 e. The second-order valence-corrected chi connectivity index (χ2v) is 7.52. The minimum atomic E-state index is -0.648. The van der Waals surface area contributed by atoms with Crippen molar-refractivity contribution >= 4 is 46.7 Å². The summed E-state index contributed by atoms with van der Waals surface area (Å²) in [5.41, 5.74) is 2.73. The molecule has 0 unspecified atom stereocenters. The fourth-order valence-electron chi connectivity index (χ4n) is 2.81. The van der Waals surface area contributed by atoms with Crippen LogP contribution in [0.4, 0.5) is 5.69 Å². The van der Waals surface area contributed by atoms with Crippen LogP contribution in [-0.2, 0) is 16.1 Å². The standard InChI is InChI=1S/C21H26BBrN4O2/c1-3-27(19-11-7-6-10-18(19)23)15-25-21(29)20(28)24-12-13-26(2)14-16-8-4-5-9-17(16)22/h4-11H,3,12-15H2,1-2H3,(H,24,28)(H,25,29). The molecule has 2 aromatic carbocycles. The topological polar surface area (TPSA) is 64.7 Å². The van der Waals surface area contributed by atoms with Crippen molar-refractivity contribution in [3.05, 3.63) is 58.6 Å². The minimum absolute atomic E-state index is 0.249. The number of rotatable bonds is 9. The number of hydrogen-bond acceptors (Lipinski definition) is 4. The molecule has 0 saturated carbocycles. The van der Waals surface area contributed by atoms with Crippen LogP contribution in [0, 0.1) is 0 Å². The van der Waals surface area contributed by atoms with Crippen LogP contribution >= 0.6 is 15.9 Å². The normalized spacial score (nSPS) is 10.6. The van der Waals surface area contributed by atoms with Crippen LogP contribution in [0.15, 0.2) is 53.0 Å². The molecular weight excluding hydrogens is 431 g/mol. The summed E-state index contributed by atoms with van der Waals surface area (Å²) < 4.78 is 0.933. The highest BCUT2D eigenvalue weighted by atomic mass is 79.9. The van der Waals surface area contributed by atoms with Gasteiger partial charge >= 0.3 is 11.8 Å². The number of carbonyl (C=O) groups is 2. The van der Waals surface area contributed by atoms with Crippen molar-refractivity contribution in [2.24, 2.45) is 0 Å². The Morgan fingerprint density at radius 2 is 1.69 bits per heavy atom. The summed E-state index contributed by atoms with van der Waals surface area (Å²) in [6.07, 6.45) is 0. The maximum Gasteiger partial charge on any atom is 0.310 e. The van der Waals surface area contributed by atoms with Gasteiger partial charge in [0.15, 0.2) is 0 Å². The predicted molar refractivity (Wildman–Crippen MR) is 121 cm³/mol. The van der Waals surface area contributed by atoms with Gasteiger partial charge in [-0.25, -0.2) is 0 Å². The summed E-state index contributed by atoms with van der Waals surface area (Å²) in [4.78, 5) is 28.2. The van der Waals surface area contributed by atoms with Gasteiger partial charge in [0.2, 0.25) is 0 Å². The Balaban J connectivity index is 1.74. The Kier molecular flexibility index (Phi) is 9.21. The third kappa shape index (κ3) is 7.22. The number of halogens is 1. The molecule has 2 aromatic rings. The van der Waals surface area contributed by atoms with E-state index in [1.54, 1.807) is 0 Å². The van der Waals surface area contributed by atoms with Crippen LogP contribution in [0.2, 0.25) is 0 Å². The predicted octanol–water partition coefficient (Wildman–Crippen LogP) is 1.39. The molecule has 0 aliphatic rings. The zero-order valence-electron chi connectivity index (χ0n) is 16.8. The van der Waals surface area contributed by atoms with Crippen LogP contribution in [0.5, 0.6) is 0 Å². The van der Waals surface area contributed by atoms with E-state index >= 15 is 0 Å². The number of nitrogens with zero attached hydrogens (tertiary/aromatic N) is 2. The SMILES string of the molecule is [B]c1ccccc1CN(C)CCNC(=O)C(=O)NCN(CC)c1ccccc1Br. The number of anilines is 1. The van der Waals surface area contributed by atoms with E-state index in [9.17, 15) is 9.59 Å². The highest BCUT2D eigenvalue weighted by Gasteiger charge is 2.15. The lowest BCUT2D eigenvalue weighted by Crippen LogP contribution is -2.46. The molecule has 0 heterocycles. The molecule has 0 saturated heterocycles. The minimum Gasteiger partial charge on any atom is -0.353 e. The molecule has 0 fully saturated rings. The van der Waals surface area contributed by atoms with Gasteiger partial charge < -0.3 is 20.4 Å². The number of carbonyl (C=O) groups excluding carboxylic acids is 2. The van der Waals surface area contributed by atoms with Gasteiger partial charge in [-0.05, 0) is 47.6 Å². The van der Waals surface area contributed by atoms with Gasteiger partial charge in [0.1, 0.15) is 7.85 Å². The van der Waals surface area contributed by atoms with Crippen LogP contribution in [0.25, 0.3) is 0 Å². The second kappa shape index (κ2) is 11.6. The lowest BCUT2D eigenvalue weighted by molar-refractivity contribution is -0.139. The Labute approximate surface area is 182 Å². The van der Waals surface area contributed by atoms with E-state index in [0.717, 1.165) is 21.2 Å². The molecule has 2 radical (unpaired) electrons. The number of benzene rings is 2. The first kappa shape index (κ1) is 23.0. The van der Waals surface area contributed by atoms with Gasteiger partial charge in [-0.3, -0.25) is 9.59 Å². The van der Waals surface area contributed by atoms with Gasteiger partial charge in [-0.2, -0.15) is 0 Å². The molecule has 0 aliphatic heterocycles. The van der Waals surface area contributed by atoms with E-state index in [2.05, 4.69) is 26.6 Å². The van der Waals surface area contributed by atoms with Crippen molar-refractivity contribution in [2.75, 3.05) is 38.3 Å². The molecule has 2 rings (SSSR count). The number of likely N-dealkylation sites (N-methyl/N-ethyl adjacent to an activating group) is 1. The van der Waals surface area contributed by atoms with Crippen LogP contribution < -0.4 is 21.0 Å². The van der Waals surface area contributed by atoms with Crippen molar-refractivity contribution in [2.45, 2.75) is 13.5 Å². The molecule has 29 heavy (non-hydrogen) atoms. The first-order valence-electron chi connectivity index (χ1n) is 9.49. The Hall–Kier alpha value is -2.32. The summed E-state index contributed by atoms with van der Waals surface area (Å²) >= 11 is 3.50. The average Bonchev–Trinajstić information content (AvgIpc) is 2.71. The second-order valence-electron chi connectivity index (χ2n) is 6.66. The molecule has 152 valence electrons. The van der Waals surface area contributed by atoms with E-state index in [0.29, 0.717) is 26.2 Å². The van der Waals surface area contributed by atoms with E-state index in [-0.39, 0.29) is 6.67 Å². The third-order valence-corrected chi connectivity index (χ3v) is 5.16. The average molecular weight is 457 g/mol. The van der Waals surface area contributed by atoms with Gasteiger partial charge in [-0.1, -0.05) is 41.9 Å². The number of amides is 2. The Morgan fingerprint density at radius 1 is 1.03 bits per heavy atom. The van der Waals surface area contributed by atoms with Gasteiger partial charge in [-0.15, -0.1) is 0 Å². The van der Waals surface area contributed by atoms with E-state index in [4.69, 9.17) is 7.85 Å². The van der Waals surface area contributed by atoms with Crippen LogP contribution in [0.1, 0.15) is 12.5 Å². The monoisotopic (exact) mass is 456 g/mol. The van der Waals surface area contributed by atoms with Crippen LogP contribution in [-0.4, -0.2) is 57.9 Å². The zero-order valence-corrected chi connectivity index (χ0v) is 18.4. The number of para-hydroxylation sites is 1. The first-order chi connectivity index (χ1) is 13.9. The quantitative estimate of drug-likeness (QED) is 0.340. The highest BCUT2D eigenvalue weighted by molar-refractivity contribution is 9.10. The molecule has 2 N–H and O–H groups in total. The fourth-order valence-corrected chi connectivity index (χ4v) is 3.35. The molecule has 0 atom stereocenters. The zero-order chi connectivity index (χ0) is 21.2. The van der Waals surface area contributed by atoms with Gasteiger partial charge in [0.25, 0.3) is 0 Å². The maximum atomic E-state index is 12.1. The smallest absolute Gasteiger partial charge is 0.310 e. The van der Waals surface area contributed by atoms with Crippen molar-refractivity contribution in [3.8, 4) is 0 Å². The third-order valence-electron chi connectivity index (χ3n) is 4.49. The summed E-state index contributed by atoms with van der Waals surface area (Å²) in [5, 5.41) is 5.32. The molecular formula is C21H26BBrN4O2. The number of hydrogen-bond donors (Lipinski definition) is 2. The molecule has 0 bridgehead atoms. The molecule has 0 spiro atoms. The molecule has 2 amide bonds. The number of nitrogens with one attached hydrogen (secondary N) is 2. The van der Waals surface area contributed by atoms with Crippen molar-refractivity contribution < 1.29 is 9.59 Å². The highest BCUT2D eigenvalue weighted by Crippen LogP contribution is 2.24. The lowest BCUT2D eigenvalue weighted by Gasteiger charge is -2.24. The van der Waals surface area contributed by atoms with Crippen molar-refractivity contribution in [1.82, 2.24) is 15.5 Å². The van der Waals surface area contributed by atoms with E-state index in [1.807, 2.05) is 72.3 Å². The Morgan fingerprint density at radius 3 is 2.38 bits per heavy atom. The summed E-state index contributed by atoms with van der Waals surface area (Å²) in [6, 6.07) is 15.4. The van der Waals surface area contributed by atoms with E-state index < -0.39 is 11.8 Å². The van der Waals surface area contributed by atoms with Crippen molar-refractivity contribution in [3.63, 3.8) is 0 Å². The lowest BCUT2D eigenvalue weighted by atomic mass is 9.90. The van der Waals surface area contributed by atoms with Crippen molar-refractivity contribution in [1.29, 1.82) is 0 Å². The Bertz CT molecular complexity index is 834. The fraction of sp³-hybridized carbons (Fsp3) is 0.333. The first-order valence-corrected chi connectivity index (χ1v) is 10.3. The van der Waals surface area contributed by atoms with Gasteiger partial charge in [0, 0.05) is 30.7 Å².